The van der Waals surface area contributed by atoms with Crippen molar-refractivity contribution in [2.75, 3.05) is 25.5 Å². The van der Waals surface area contributed by atoms with Crippen LogP contribution in [0.2, 0.25) is 0 Å². The lowest BCUT2D eigenvalue weighted by molar-refractivity contribution is 0.160. The summed E-state index contributed by atoms with van der Waals surface area (Å²) in [5, 5.41) is 3.15. The lowest BCUT2D eigenvalue weighted by Gasteiger charge is -2.32. The van der Waals surface area contributed by atoms with Gasteiger partial charge in [0, 0.05) is 44.4 Å². The van der Waals surface area contributed by atoms with E-state index in [2.05, 4.69) is 49.8 Å². The summed E-state index contributed by atoms with van der Waals surface area (Å²) in [6.45, 7) is 7.60. The maximum atomic E-state index is 4.56. The van der Waals surface area contributed by atoms with Crippen molar-refractivity contribution in [3.8, 4) is 0 Å². The summed E-state index contributed by atoms with van der Waals surface area (Å²) in [5.41, 5.74) is 1.08. The van der Waals surface area contributed by atoms with E-state index in [0.29, 0.717) is 12.0 Å². The first-order chi connectivity index (χ1) is 11.7. The largest absolute Gasteiger partial charge is 0.372 e. The van der Waals surface area contributed by atoms with Gasteiger partial charge in [-0.05, 0) is 45.6 Å². The molecule has 0 radical (unpaired) electrons. The van der Waals surface area contributed by atoms with Crippen molar-refractivity contribution in [3.63, 3.8) is 0 Å². The molecule has 130 valence electrons. The van der Waals surface area contributed by atoms with Crippen LogP contribution in [0.5, 0.6) is 0 Å². The molecule has 2 aromatic rings. The highest BCUT2D eigenvalue weighted by molar-refractivity contribution is 5.38. The van der Waals surface area contributed by atoms with E-state index in [4.69, 9.17) is 0 Å². The zero-order valence-corrected chi connectivity index (χ0v) is 14.9. The number of anilines is 1. The van der Waals surface area contributed by atoms with Gasteiger partial charge in [-0.15, -0.1) is 0 Å². The van der Waals surface area contributed by atoms with Crippen molar-refractivity contribution in [3.05, 3.63) is 36.3 Å². The standard InChI is InChI=1S/C18H28N6/c1-14(2)24-10-8-21-17(24)13-23-9-4-5-15(12-23)11-16-18(19-3)22-7-6-20-16/h6-8,10,14-15H,4-5,9,11-13H2,1-3H3,(H,19,22). The lowest BCUT2D eigenvalue weighted by atomic mass is 9.93. The fraction of sp³-hybridized carbons (Fsp3) is 0.611. The zero-order valence-electron chi connectivity index (χ0n) is 14.9. The molecule has 1 aliphatic rings. The third kappa shape index (κ3) is 3.93. The second kappa shape index (κ2) is 7.75. The molecule has 1 N–H and O–H groups in total. The molecular weight excluding hydrogens is 300 g/mol. The Kier molecular flexibility index (Phi) is 5.45. The number of hydrogen-bond acceptors (Lipinski definition) is 5. The molecule has 2 aromatic heterocycles. The normalized spacial score (nSPS) is 18.9. The van der Waals surface area contributed by atoms with E-state index >= 15 is 0 Å². The number of hydrogen-bond donors (Lipinski definition) is 1. The van der Waals surface area contributed by atoms with Crippen molar-refractivity contribution < 1.29 is 0 Å². The topological polar surface area (TPSA) is 58.9 Å². The van der Waals surface area contributed by atoms with Gasteiger partial charge in [-0.3, -0.25) is 9.88 Å². The molecule has 1 aliphatic heterocycles. The number of nitrogens with one attached hydrogen (secondary N) is 1. The highest BCUT2D eigenvalue weighted by Gasteiger charge is 2.23. The summed E-state index contributed by atoms with van der Waals surface area (Å²) < 4.78 is 2.27. The van der Waals surface area contributed by atoms with Gasteiger partial charge in [0.1, 0.15) is 11.6 Å². The van der Waals surface area contributed by atoms with Crippen LogP contribution >= 0.6 is 0 Å². The minimum Gasteiger partial charge on any atom is -0.372 e. The van der Waals surface area contributed by atoms with E-state index in [0.717, 1.165) is 37.6 Å². The van der Waals surface area contributed by atoms with Gasteiger partial charge in [0.05, 0.1) is 12.2 Å². The van der Waals surface area contributed by atoms with E-state index in [1.807, 2.05) is 13.2 Å². The van der Waals surface area contributed by atoms with Crippen molar-refractivity contribution in [2.24, 2.45) is 5.92 Å². The fourth-order valence-corrected chi connectivity index (χ4v) is 3.60. The molecule has 1 saturated heterocycles. The fourth-order valence-electron chi connectivity index (χ4n) is 3.60. The highest BCUT2D eigenvalue weighted by Crippen LogP contribution is 2.23. The van der Waals surface area contributed by atoms with Crippen LogP contribution in [0.1, 0.15) is 44.2 Å². The van der Waals surface area contributed by atoms with Crippen LogP contribution in [0, 0.1) is 5.92 Å². The molecule has 0 saturated carbocycles. The highest BCUT2D eigenvalue weighted by atomic mass is 15.2. The van der Waals surface area contributed by atoms with Crippen molar-refractivity contribution >= 4 is 5.82 Å². The third-order valence-corrected chi connectivity index (χ3v) is 4.77. The molecule has 1 fully saturated rings. The van der Waals surface area contributed by atoms with Crippen LogP contribution in [-0.2, 0) is 13.0 Å². The molecule has 24 heavy (non-hydrogen) atoms. The first-order valence-electron chi connectivity index (χ1n) is 8.89. The monoisotopic (exact) mass is 328 g/mol. The second-order valence-corrected chi connectivity index (χ2v) is 6.89. The average Bonchev–Trinajstić information content (AvgIpc) is 3.04. The van der Waals surface area contributed by atoms with Gasteiger partial charge in [0.15, 0.2) is 0 Å². The molecule has 0 bridgehead atoms. The van der Waals surface area contributed by atoms with Crippen LogP contribution in [0.3, 0.4) is 0 Å². The first-order valence-corrected chi connectivity index (χ1v) is 8.89. The SMILES string of the molecule is CNc1nccnc1CC1CCCN(Cc2nccn2C(C)C)C1. The van der Waals surface area contributed by atoms with Crippen LogP contribution in [0.15, 0.2) is 24.8 Å². The third-order valence-electron chi connectivity index (χ3n) is 4.77. The number of likely N-dealkylation sites (tertiary alicyclic amines) is 1. The van der Waals surface area contributed by atoms with E-state index in [1.165, 1.54) is 18.7 Å². The van der Waals surface area contributed by atoms with Gasteiger partial charge < -0.3 is 9.88 Å². The van der Waals surface area contributed by atoms with Gasteiger partial charge in [-0.1, -0.05) is 0 Å². The Morgan fingerprint density at radius 2 is 2.04 bits per heavy atom. The Morgan fingerprint density at radius 3 is 2.83 bits per heavy atom. The number of aromatic nitrogens is 4. The average molecular weight is 328 g/mol. The van der Waals surface area contributed by atoms with E-state index in [9.17, 15) is 0 Å². The molecule has 1 unspecified atom stereocenters. The Morgan fingerprint density at radius 1 is 1.21 bits per heavy atom. The Labute approximate surface area is 144 Å². The Hall–Kier alpha value is -1.95. The smallest absolute Gasteiger partial charge is 0.147 e. The van der Waals surface area contributed by atoms with Crippen molar-refractivity contribution in [1.82, 2.24) is 24.4 Å². The minimum absolute atomic E-state index is 0.459. The summed E-state index contributed by atoms with van der Waals surface area (Å²) in [4.78, 5) is 16.0. The summed E-state index contributed by atoms with van der Waals surface area (Å²) in [6.07, 6.45) is 11.0. The van der Waals surface area contributed by atoms with Gasteiger partial charge in [-0.2, -0.15) is 0 Å². The molecule has 1 atom stereocenters. The summed E-state index contributed by atoms with van der Waals surface area (Å²) in [5.74, 6) is 2.70. The Balaban J connectivity index is 1.63. The first kappa shape index (κ1) is 16.9. The molecular formula is C18H28N6. The van der Waals surface area contributed by atoms with Gasteiger partial charge >= 0.3 is 0 Å². The lowest BCUT2D eigenvalue weighted by Crippen LogP contribution is -2.36. The van der Waals surface area contributed by atoms with Crippen LogP contribution in [0.25, 0.3) is 0 Å². The molecule has 6 heteroatoms. The maximum Gasteiger partial charge on any atom is 0.147 e. The van der Waals surface area contributed by atoms with Crippen molar-refractivity contribution in [2.45, 2.75) is 45.7 Å². The molecule has 3 heterocycles. The predicted octanol–water partition coefficient (Wildman–Crippen LogP) is 2.75. The predicted molar refractivity (Wildman–Crippen MR) is 95.9 cm³/mol. The molecule has 6 nitrogen and oxygen atoms in total. The van der Waals surface area contributed by atoms with Crippen molar-refractivity contribution in [1.29, 1.82) is 0 Å². The zero-order chi connectivity index (χ0) is 16.9. The van der Waals surface area contributed by atoms with Crippen LogP contribution < -0.4 is 5.32 Å². The number of nitrogens with zero attached hydrogens (tertiary/aromatic N) is 5. The summed E-state index contributed by atoms with van der Waals surface area (Å²) in [7, 11) is 1.91. The number of rotatable bonds is 6. The summed E-state index contributed by atoms with van der Waals surface area (Å²) >= 11 is 0. The van der Waals surface area contributed by atoms with E-state index < -0.39 is 0 Å². The number of piperidine rings is 1. The van der Waals surface area contributed by atoms with E-state index in [-0.39, 0.29) is 0 Å². The maximum absolute atomic E-state index is 4.56. The quantitative estimate of drug-likeness (QED) is 0.883. The van der Waals surface area contributed by atoms with Gasteiger partial charge in [0.2, 0.25) is 0 Å². The molecule has 0 aliphatic carbocycles. The van der Waals surface area contributed by atoms with Crippen LogP contribution in [-0.4, -0.2) is 44.6 Å². The van der Waals surface area contributed by atoms with Gasteiger partial charge in [0.25, 0.3) is 0 Å². The second-order valence-electron chi connectivity index (χ2n) is 6.89. The van der Waals surface area contributed by atoms with Crippen LogP contribution in [0.4, 0.5) is 5.82 Å². The number of imidazole rings is 1. The molecule has 3 rings (SSSR count). The summed E-state index contributed by atoms with van der Waals surface area (Å²) in [6, 6.07) is 0.459. The Bertz CT molecular complexity index is 650. The van der Waals surface area contributed by atoms with Gasteiger partial charge in [-0.25, -0.2) is 9.97 Å². The minimum atomic E-state index is 0.459. The molecule has 0 spiro atoms. The van der Waals surface area contributed by atoms with E-state index in [1.54, 1.807) is 12.4 Å². The molecule has 0 aromatic carbocycles. The molecule has 0 amide bonds.